The van der Waals surface area contributed by atoms with E-state index in [1.165, 1.54) is 12.0 Å². The van der Waals surface area contributed by atoms with Crippen molar-refractivity contribution in [2.75, 3.05) is 0 Å². The standard InChI is InChI=1S/C38H51F3O2S/c1-4-7-10-15-22-31-29-32(23-16-11-8-5-2)36(33(30-31)24-17-12-9-6-3)44(34-25-18-13-19-26-34,35-27-20-14-21-28-35)43-37(42)38(39,40)41/h13-14,18-21,25-30H,4-12,15-17,22-24H2,1-3H3. The smallest absolute Gasteiger partial charge is 0.395 e. The second-order valence-corrected chi connectivity index (χ2v) is 14.4. The maximum absolute atomic E-state index is 14.1. The first kappa shape index (κ1) is 35.7. The van der Waals surface area contributed by atoms with E-state index >= 15 is 0 Å². The number of hydrogen-bond donors (Lipinski definition) is 0. The van der Waals surface area contributed by atoms with Gasteiger partial charge in [0, 0.05) is 14.7 Å². The summed E-state index contributed by atoms with van der Waals surface area (Å²) in [5.74, 6) is -2.14. The van der Waals surface area contributed by atoms with Crippen LogP contribution < -0.4 is 0 Å². The highest BCUT2D eigenvalue weighted by molar-refractivity contribution is 8.30. The van der Waals surface area contributed by atoms with Crippen LogP contribution in [0.1, 0.15) is 115 Å². The van der Waals surface area contributed by atoms with Crippen molar-refractivity contribution in [2.24, 2.45) is 0 Å². The van der Waals surface area contributed by atoms with Crippen molar-refractivity contribution in [2.45, 2.75) is 138 Å². The minimum atomic E-state index is -5.12. The summed E-state index contributed by atoms with van der Waals surface area (Å²) in [6.45, 7) is 6.55. The highest BCUT2D eigenvalue weighted by Crippen LogP contribution is 2.71. The van der Waals surface area contributed by atoms with Gasteiger partial charge in [0.2, 0.25) is 0 Å². The van der Waals surface area contributed by atoms with Gasteiger partial charge in [-0.15, -0.1) is 0 Å². The second-order valence-electron chi connectivity index (χ2n) is 11.7. The number of carbonyl (C=O) groups is 1. The highest BCUT2D eigenvalue weighted by atomic mass is 32.3. The fraction of sp³-hybridized carbons (Fsp3) is 0.500. The van der Waals surface area contributed by atoms with Gasteiger partial charge in [-0.3, -0.25) is 0 Å². The Morgan fingerprint density at radius 3 is 1.41 bits per heavy atom. The molecule has 0 bridgehead atoms. The average molecular weight is 629 g/mol. The normalized spacial score (nSPS) is 12.3. The molecule has 6 heteroatoms. The number of unbranched alkanes of at least 4 members (excludes halogenated alkanes) is 9. The summed E-state index contributed by atoms with van der Waals surface area (Å²) in [4.78, 5) is 15.0. The summed E-state index contributed by atoms with van der Waals surface area (Å²) in [5.41, 5.74) is 3.28. The number of benzene rings is 3. The summed E-state index contributed by atoms with van der Waals surface area (Å²) in [6, 6.07) is 22.7. The van der Waals surface area contributed by atoms with Crippen molar-refractivity contribution in [1.82, 2.24) is 0 Å². The number of rotatable bonds is 19. The van der Waals surface area contributed by atoms with E-state index in [-0.39, 0.29) is 0 Å². The Hall–Kier alpha value is -2.73. The molecule has 0 aliphatic rings. The predicted molar refractivity (Wildman–Crippen MR) is 177 cm³/mol. The third kappa shape index (κ3) is 9.89. The van der Waals surface area contributed by atoms with Crippen molar-refractivity contribution in [1.29, 1.82) is 0 Å². The molecule has 44 heavy (non-hydrogen) atoms. The summed E-state index contributed by atoms with van der Waals surface area (Å²) >= 11 is 0. The van der Waals surface area contributed by atoms with Crippen molar-refractivity contribution in [3.8, 4) is 0 Å². The van der Waals surface area contributed by atoms with Gasteiger partial charge in [0.05, 0.1) is 0 Å². The predicted octanol–water partition coefficient (Wildman–Crippen LogP) is 12.4. The van der Waals surface area contributed by atoms with Gasteiger partial charge in [-0.05, 0) is 89.8 Å². The maximum atomic E-state index is 14.1. The van der Waals surface area contributed by atoms with Crippen molar-refractivity contribution in [3.05, 3.63) is 89.5 Å². The lowest BCUT2D eigenvalue weighted by atomic mass is 9.95. The summed E-state index contributed by atoms with van der Waals surface area (Å²) in [7, 11) is -3.08. The van der Waals surface area contributed by atoms with Gasteiger partial charge in [0.25, 0.3) is 0 Å². The lowest BCUT2D eigenvalue weighted by Gasteiger charge is -2.42. The first-order valence-electron chi connectivity index (χ1n) is 16.7. The van der Waals surface area contributed by atoms with Crippen LogP contribution in [0.15, 0.2) is 87.5 Å². The summed E-state index contributed by atoms with van der Waals surface area (Å²) in [5, 5.41) is 0. The molecule has 0 aliphatic carbocycles. The summed E-state index contributed by atoms with van der Waals surface area (Å²) in [6.07, 6.45) is 10.2. The van der Waals surface area contributed by atoms with Gasteiger partial charge in [0.15, 0.2) is 0 Å². The molecule has 0 heterocycles. The Morgan fingerprint density at radius 2 is 1.02 bits per heavy atom. The van der Waals surface area contributed by atoms with E-state index in [0.29, 0.717) is 9.79 Å². The molecule has 0 amide bonds. The zero-order valence-corrected chi connectivity index (χ0v) is 27.7. The lowest BCUT2D eigenvalue weighted by molar-refractivity contribution is -0.188. The molecule has 2 nitrogen and oxygen atoms in total. The van der Waals surface area contributed by atoms with Gasteiger partial charge in [-0.2, -0.15) is 13.2 Å². The molecule has 3 rings (SSSR count). The van der Waals surface area contributed by atoms with E-state index < -0.39 is 22.5 Å². The minimum absolute atomic E-state index is 0.601. The molecule has 0 radical (unpaired) electrons. The number of alkyl halides is 3. The maximum Gasteiger partial charge on any atom is 0.491 e. The molecule has 0 N–H and O–H groups in total. The average Bonchev–Trinajstić information content (AvgIpc) is 3.03. The van der Waals surface area contributed by atoms with Gasteiger partial charge in [-0.25, -0.2) is 4.79 Å². The monoisotopic (exact) mass is 628 g/mol. The van der Waals surface area contributed by atoms with Gasteiger partial charge < -0.3 is 4.18 Å². The molecule has 3 aromatic carbocycles. The molecule has 3 aromatic rings. The lowest BCUT2D eigenvalue weighted by Crippen LogP contribution is -2.28. The Bertz CT molecular complexity index is 1190. The molecule has 0 saturated carbocycles. The Balaban J connectivity index is 2.36. The number of aryl methyl sites for hydroxylation is 3. The number of carbonyl (C=O) groups excluding carboxylic acids is 1. The first-order valence-corrected chi connectivity index (χ1v) is 18.2. The van der Waals surface area contributed by atoms with Crippen LogP contribution in [0.2, 0.25) is 0 Å². The topological polar surface area (TPSA) is 26.3 Å². The quantitative estimate of drug-likeness (QED) is 0.123. The van der Waals surface area contributed by atoms with E-state index in [4.69, 9.17) is 4.18 Å². The Morgan fingerprint density at radius 1 is 0.614 bits per heavy atom. The van der Waals surface area contributed by atoms with Crippen LogP contribution in [0, 0.1) is 0 Å². The first-order chi connectivity index (χ1) is 21.3. The molecule has 0 fully saturated rings. The SMILES string of the molecule is CCCCCCc1cc(CCCCCC)c(S(OC(=O)C(F)(F)F)(c2ccccc2)c2ccccc2)c(CCCCCC)c1. The molecular formula is C38H51F3O2S. The van der Waals surface area contributed by atoms with Crippen LogP contribution in [0.5, 0.6) is 0 Å². The fourth-order valence-corrected chi connectivity index (χ4v) is 9.33. The zero-order valence-electron chi connectivity index (χ0n) is 26.9. The van der Waals surface area contributed by atoms with Crippen LogP contribution in [0.3, 0.4) is 0 Å². The van der Waals surface area contributed by atoms with Gasteiger partial charge in [0.1, 0.15) is 0 Å². The largest absolute Gasteiger partial charge is 0.491 e. The number of hydrogen-bond acceptors (Lipinski definition) is 2. The van der Waals surface area contributed by atoms with Gasteiger partial charge in [-0.1, -0.05) is 127 Å². The molecule has 242 valence electrons. The van der Waals surface area contributed by atoms with Crippen molar-refractivity contribution in [3.63, 3.8) is 0 Å². The third-order valence-electron chi connectivity index (χ3n) is 8.09. The minimum Gasteiger partial charge on any atom is -0.395 e. The Kier molecular flexibility index (Phi) is 14.9. The van der Waals surface area contributed by atoms with Crippen LogP contribution in [-0.4, -0.2) is 12.1 Å². The molecule has 0 atom stereocenters. The van der Waals surface area contributed by atoms with Gasteiger partial charge >= 0.3 is 12.1 Å². The van der Waals surface area contributed by atoms with Crippen LogP contribution in [-0.2, 0) is 28.2 Å². The van der Waals surface area contributed by atoms with E-state index in [0.717, 1.165) is 106 Å². The highest BCUT2D eigenvalue weighted by Gasteiger charge is 2.48. The van der Waals surface area contributed by atoms with E-state index in [9.17, 15) is 18.0 Å². The van der Waals surface area contributed by atoms with Crippen LogP contribution in [0.4, 0.5) is 13.2 Å². The molecule has 0 unspecified atom stereocenters. The fourth-order valence-electron chi connectivity index (χ4n) is 5.85. The second kappa shape index (κ2) is 18.3. The van der Waals surface area contributed by atoms with E-state index in [2.05, 4.69) is 32.9 Å². The van der Waals surface area contributed by atoms with Crippen molar-refractivity contribution >= 4 is 16.3 Å². The summed E-state index contributed by atoms with van der Waals surface area (Å²) < 4.78 is 48.3. The van der Waals surface area contributed by atoms with Crippen LogP contribution in [0.25, 0.3) is 0 Å². The zero-order chi connectivity index (χ0) is 31.8. The number of halogens is 3. The molecule has 0 aromatic heterocycles. The Labute approximate surface area is 265 Å². The molecular weight excluding hydrogens is 577 g/mol. The van der Waals surface area contributed by atoms with Crippen molar-refractivity contribution < 1.29 is 22.1 Å². The molecule has 0 spiro atoms. The third-order valence-corrected chi connectivity index (χ3v) is 11.5. The van der Waals surface area contributed by atoms with E-state index in [1.54, 1.807) is 0 Å². The molecule has 0 saturated heterocycles. The molecule has 0 aliphatic heterocycles. The van der Waals surface area contributed by atoms with E-state index in [1.807, 2.05) is 60.7 Å². The van der Waals surface area contributed by atoms with Crippen LogP contribution >= 0.6 is 10.3 Å².